The van der Waals surface area contributed by atoms with Crippen molar-refractivity contribution in [3.8, 4) is 5.75 Å². The molecule has 1 N–H and O–H groups in total. The average molecular weight is 356 g/mol. The normalized spacial score (nSPS) is 10.4. The Hall–Kier alpha value is -2.89. The summed E-state index contributed by atoms with van der Waals surface area (Å²) < 4.78 is 5.73. The molecule has 0 heterocycles. The van der Waals surface area contributed by atoms with E-state index in [4.69, 9.17) is 4.74 Å². The molecule has 0 radical (unpaired) electrons. The van der Waals surface area contributed by atoms with Gasteiger partial charge in [-0.1, -0.05) is 31.2 Å². The predicted molar refractivity (Wildman–Crippen MR) is 101 cm³/mol. The molecule has 0 aromatic heterocycles. The highest BCUT2D eigenvalue weighted by Crippen LogP contribution is 2.21. The summed E-state index contributed by atoms with van der Waals surface area (Å²) in [6, 6.07) is 12.4. The number of nitrogens with zero attached hydrogens (tertiary/aromatic N) is 1. The minimum absolute atomic E-state index is 0.0420. The molecule has 0 saturated carbocycles. The van der Waals surface area contributed by atoms with Crippen LogP contribution in [0.2, 0.25) is 0 Å². The van der Waals surface area contributed by atoms with Crippen molar-refractivity contribution in [2.45, 2.75) is 33.1 Å². The quantitative estimate of drug-likeness (QED) is 0.417. The van der Waals surface area contributed by atoms with E-state index in [0.29, 0.717) is 24.3 Å². The molecular weight excluding hydrogens is 332 g/mol. The summed E-state index contributed by atoms with van der Waals surface area (Å²) in [4.78, 5) is 22.8. The number of amides is 1. The average Bonchev–Trinajstić information content (AvgIpc) is 2.64. The number of hydrogen-bond acceptors (Lipinski definition) is 4. The van der Waals surface area contributed by atoms with E-state index in [1.807, 2.05) is 24.3 Å². The van der Waals surface area contributed by atoms with Crippen LogP contribution in [0.15, 0.2) is 42.5 Å². The summed E-state index contributed by atoms with van der Waals surface area (Å²) >= 11 is 0. The SMILES string of the molecule is CCCOc1ccccc1CCCNC(=O)c1cccc([N+](=O)[O-])c1C. The maximum atomic E-state index is 12.3. The number of carbonyl (C=O) groups is 1. The zero-order chi connectivity index (χ0) is 18.9. The summed E-state index contributed by atoms with van der Waals surface area (Å²) in [5, 5.41) is 13.8. The van der Waals surface area contributed by atoms with E-state index in [0.717, 1.165) is 30.6 Å². The number of ether oxygens (including phenoxy) is 1. The van der Waals surface area contributed by atoms with Gasteiger partial charge in [0.25, 0.3) is 11.6 Å². The molecule has 26 heavy (non-hydrogen) atoms. The summed E-state index contributed by atoms with van der Waals surface area (Å²) in [6.45, 7) is 4.82. The Morgan fingerprint density at radius 2 is 1.96 bits per heavy atom. The van der Waals surface area contributed by atoms with Gasteiger partial charge in [0, 0.05) is 23.7 Å². The molecule has 0 aliphatic rings. The molecule has 1 amide bonds. The van der Waals surface area contributed by atoms with E-state index in [2.05, 4.69) is 12.2 Å². The Kier molecular flexibility index (Phi) is 7.14. The Balaban J connectivity index is 1.90. The van der Waals surface area contributed by atoms with Crippen molar-refractivity contribution in [2.24, 2.45) is 0 Å². The van der Waals surface area contributed by atoms with Crippen molar-refractivity contribution >= 4 is 11.6 Å². The number of nitro benzene ring substituents is 1. The zero-order valence-corrected chi connectivity index (χ0v) is 15.2. The second-order valence-corrected chi connectivity index (χ2v) is 6.02. The minimum atomic E-state index is -0.473. The van der Waals surface area contributed by atoms with Crippen LogP contribution in [0.25, 0.3) is 0 Å². The van der Waals surface area contributed by atoms with Gasteiger partial charge in [-0.15, -0.1) is 0 Å². The van der Waals surface area contributed by atoms with Crippen molar-refractivity contribution in [2.75, 3.05) is 13.2 Å². The van der Waals surface area contributed by atoms with E-state index in [-0.39, 0.29) is 11.6 Å². The third-order valence-corrected chi connectivity index (χ3v) is 4.09. The van der Waals surface area contributed by atoms with Crippen LogP contribution < -0.4 is 10.1 Å². The van der Waals surface area contributed by atoms with E-state index in [9.17, 15) is 14.9 Å². The van der Waals surface area contributed by atoms with E-state index < -0.39 is 4.92 Å². The molecule has 0 spiro atoms. The largest absolute Gasteiger partial charge is 0.493 e. The fourth-order valence-corrected chi connectivity index (χ4v) is 2.71. The molecule has 0 bridgehead atoms. The number of aryl methyl sites for hydroxylation is 1. The van der Waals surface area contributed by atoms with Crippen LogP contribution >= 0.6 is 0 Å². The molecular formula is C20H24N2O4. The highest BCUT2D eigenvalue weighted by Gasteiger charge is 2.17. The van der Waals surface area contributed by atoms with Gasteiger partial charge in [-0.25, -0.2) is 0 Å². The Morgan fingerprint density at radius 3 is 2.69 bits per heavy atom. The van der Waals surface area contributed by atoms with Gasteiger partial charge in [0.1, 0.15) is 5.75 Å². The summed E-state index contributed by atoms with van der Waals surface area (Å²) in [5.74, 6) is 0.594. The lowest BCUT2D eigenvalue weighted by Gasteiger charge is -2.11. The second-order valence-electron chi connectivity index (χ2n) is 6.02. The van der Waals surface area contributed by atoms with Crippen LogP contribution in [-0.4, -0.2) is 24.0 Å². The van der Waals surface area contributed by atoms with E-state index in [1.54, 1.807) is 13.0 Å². The van der Waals surface area contributed by atoms with Crippen LogP contribution in [0, 0.1) is 17.0 Å². The van der Waals surface area contributed by atoms with Crippen molar-refractivity contribution in [3.63, 3.8) is 0 Å². The molecule has 0 saturated heterocycles. The summed E-state index contributed by atoms with van der Waals surface area (Å²) in [7, 11) is 0. The van der Waals surface area contributed by atoms with Gasteiger partial charge in [0.05, 0.1) is 11.5 Å². The monoisotopic (exact) mass is 356 g/mol. The standard InChI is InChI=1S/C20H24N2O4/c1-3-14-26-19-12-5-4-8-16(19)9-7-13-21-20(23)17-10-6-11-18(15(17)2)22(24)25/h4-6,8,10-12H,3,7,9,13-14H2,1-2H3,(H,21,23). The van der Waals surface area contributed by atoms with Crippen molar-refractivity contribution in [3.05, 3.63) is 69.3 Å². The highest BCUT2D eigenvalue weighted by atomic mass is 16.6. The Bertz CT molecular complexity index is 774. The van der Waals surface area contributed by atoms with Crippen molar-refractivity contribution in [1.29, 1.82) is 0 Å². The van der Waals surface area contributed by atoms with Gasteiger partial charge in [-0.2, -0.15) is 0 Å². The van der Waals surface area contributed by atoms with Gasteiger partial charge < -0.3 is 10.1 Å². The molecule has 2 rings (SSSR count). The summed E-state index contributed by atoms with van der Waals surface area (Å²) in [6.07, 6.45) is 2.49. The molecule has 0 fully saturated rings. The second kappa shape index (κ2) is 9.56. The van der Waals surface area contributed by atoms with Gasteiger partial charge in [-0.05, 0) is 43.9 Å². The van der Waals surface area contributed by atoms with E-state index >= 15 is 0 Å². The Labute approximate surface area is 153 Å². The third kappa shape index (κ3) is 5.05. The number of para-hydroxylation sites is 1. The first-order chi connectivity index (χ1) is 12.5. The lowest BCUT2D eigenvalue weighted by Crippen LogP contribution is -2.25. The number of carbonyl (C=O) groups excluding carboxylic acids is 1. The topological polar surface area (TPSA) is 81.5 Å². The van der Waals surface area contributed by atoms with Crippen LogP contribution in [-0.2, 0) is 6.42 Å². The van der Waals surface area contributed by atoms with Gasteiger partial charge in [0.15, 0.2) is 0 Å². The molecule has 6 heteroatoms. The number of rotatable bonds is 9. The maximum Gasteiger partial charge on any atom is 0.273 e. The molecule has 0 atom stereocenters. The number of hydrogen-bond donors (Lipinski definition) is 1. The predicted octanol–water partition coefficient (Wildman–Crippen LogP) is 4.05. The van der Waals surface area contributed by atoms with Crippen LogP contribution in [0.3, 0.4) is 0 Å². The van der Waals surface area contributed by atoms with Crippen LogP contribution in [0.1, 0.15) is 41.3 Å². The fourth-order valence-electron chi connectivity index (χ4n) is 2.71. The molecule has 0 aliphatic heterocycles. The van der Waals surface area contributed by atoms with Crippen LogP contribution in [0.5, 0.6) is 5.75 Å². The van der Waals surface area contributed by atoms with Crippen molar-refractivity contribution in [1.82, 2.24) is 5.32 Å². The number of nitrogens with one attached hydrogen (secondary N) is 1. The van der Waals surface area contributed by atoms with Crippen molar-refractivity contribution < 1.29 is 14.5 Å². The van der Waals surface area contributed by atoms with Gasteiger partial charge in [0.2, 0.25) is 0 Å². The minimum Gasteiger partial charge on any atom is -0.493 e. The zero-order valence-electron chi connectivity index (χ0n) is 15.2. The third-order valence-electron chi connectivity index (χ3n) is 4.09. The lowest BCUT2D eigenvalue weighted by molar-refractivity contribution is -0.385. The molecule has 6 nitrogen and oxygen atoms in total. The smallest absolute Gasteiger partial charge is 0.273 e. The highest BCUT2D eigenvalue weighted by molar-refractivity contribution is 5.96. The molecule has 2 aromatic carbocycles. The van der Waals surface area contributed by atoms with Gasteiger partial charge >= 0.3 is 0 Å². The molecule has 2 aromatic rings. The fraction of sp³-hybridized carbons (Fsp3) is 0.350. The maximum absolute atomic E-state index is 12.3. The number of benzene rings is 2. The Morgan fingerprint density at radius 1 is 1.19 bits per heavy atom. The first kappa shape index (κ1) is 19.4. The first-order valence-electron chi connectivity index (χ1n) is 8.77. The summed E-state index contributed by atoms with van der Waals surface area (Å²) in [5.41, 5.74) is 1.79. The molecule has 0 aliphatic carbocycles. The first-order valence-corrected chi connectivity index (χ1v) is 8.77. The molecule has 0 unspecified atom stereocenters. The van der Waals surface area contributed by atoms with Crippen LogP contribution in [0.4, 0.5) is 5.69 Å². The number of nitro groups is 1. The molecule has 138 valence electrons. The lowest BCUT2D eigenvalue weighted by atomic mass is 10.1. The van der Waals surface area contributed by atoms with Gasteiger partial charge in [-0.3, -0.25) is 14.9 Å². The van der Waals surface area contributed by atoms with E-state index in [1.165, 1.54) is 12.1 Å².